The van der Waals surface area contributed by atoms with Crippen molar-refractivity contribution in [3.05, 3.63) is 59.7 Å². The molecule has 1 heteroatoms. The van der Waals surface area contributed by atoms with Crippen LogP contribution in [0.5, 0.6) is 11.5 Å². The predicted molar refractivity (Wildman–Crippen MR) is 94.8 cm³/mol. The second-order valence-corrected chi connectivity index (χ2v) is 6.04. The average molecular weight is 296 g/mol. The van der Waals surface area contributed by atoms with Crippen LogP contribution in [0, 0.1) is 6.92 Å². The van der Waals surface area contributed by atoms with E-state index in [1.54, 1.807) is 0 Å². The molecule has 0 saturated carbocycles. The van der Waals surface area contributed by atoms with E-state index < -0.39 is 0 Å². The van der Waals surface area contributed by atoms with Crippen LogP contribution >= 0.6 is 0 Å². The molecule has 0 saturated heterocycles. The highest BCUT2D eigenvalue weighted by Gasteiger charge is 2.05. The second-order valence-electron chi connectivity index (χ2n) is 6.04. The normalized spacial score (nSPS) is 10.6. The molecule has 0 spiro atoms. The van der Waals surface area contributed by atoms with Crippen LogP contribution in [0.4, 0.5) is 0 Å². The quantitative estimate of drug-likeness (QED) is 0.468. The summed E-state index contributed by atoms with van der Waals surface area (Å²) in [4.78, 5) is 0. The van der Waals surface area contributed by atoms with Crippen molar-refractivity contribution in [3.8, 4) is 11.5 Å². The maximum atomic E-state index is 6.06. The number of aryl methyl sites for hydroxylation is 2. The Bertz CT molecular complexity index is 545. The maximum absolute atomic E-state index is 6.06. The maximum Gasteiger partial charge on any atom is 0.130 e. The summed E-state index contributed by atoms with van der Waals surface area (Å²) in [7, 11) is 0. The number of rotatable bonds is 9. The van der Waals surface area contributed by atoms with Crippen molar-refractivity contribution in [2.75, 3.05) is 0 Å². The molecule has 0 aromatic heterocycles. The van der Waals surface area contributed by atoms with E-state index in [1.807, 2.05) is 30.3 Å². The van der Waals surface area contributed by atoms with Crippen molar-refractivity contribution >= 4 is 0 Å². The number of para-hydroxylation sites is 1. The van der Waals surface area contributed by atoms with Gasteiger partial charge in [0.15, 0.2) is 0 Å². The lowest BCUT2D eigenvalue weighted by atomic mass is 10.0. The third kappa shape index (κ3) is 5.55. The fraction of sp³-hybridized carbons (Fsp3) is 0.429. The first kappa shape index (κ1) is 16.6. The first-order valence-corrected chi connectivity index (χ1v) is 8.62. The van der Waals surface area contributed by atoms with Crippen molar-refractivity contribution in [2.45, 2.75) is 58.8 Å². The summed E-state index contributed by atoms with van der Waals surface area (Å²) in [5.41, 5.74) is 2.64. The van der Waals surface area contributed by atoms with Crippen LogP contribution in [0.3, 0.4) is 0 Å². The molecule has 0 heterocycles. The van der Waals surface area contributed by atoms with E-state index >= 15 is 0 Å². The Morgan fingerprint density at radius 1 is 0.818 bits per heavy atom. The Morgan fingerprint density at radius 2 is 1.55 bits per heavy atom. The van der Waals surface area contributed by atoms with E-state index in [-0.39, 0.29) is 0 Å². The van der Waals surface area contributed by atoms with E-state index in [4.69, 9.17) is 4.74 Å². The Labute approximate surface area is 135 Å². The monoisotopic (exact) mass is 296 g/mol. The lowest BCUT2D eigenvalue weighted by Crippen LogP contribution is -1.94. The van der Waals surface area contributed by atoms with Crippen molar-refractivity contribution in [3.63, 3.8) is 0 Å². The summed E-state index contributed by atoms with van der Waals surface area (Å²) in [6.45, 7) is 4.41. The molecular formula is C21H28O. The second kappa shape index (κ2) is 9.30. The van der Waals surface area contributed by atoms with Gasteiger partial charge in [-0.3, -0.25) is 0 Å². The first-order valence-electron chi connectivity index (χ1n) is 8.62. The van der Waals surface area contributed by atoms with E-state index in [2.05, 4.69) is 32.0 Å². The molecule has 0 aliphatic rings. The summed E-state index contributed by atoms with van der Waals surface area (Å²) < 4.78 is 6.06. The van der Waals surface area contributed by atoms with E-state index in [0.717, 1.165) is 17.9 Å². The standard InChI is InChI=1S/C21H28O/c1-3-4-5-6-7-9-12-19-17-18(2)15-16-21(19)22-20-13-10-8-11-14-20/h8,10-11,13-17H,3-7,9,12H2,1-2H3. The highest BCUT2D eigenvalue weighted by molar-refractivity contribution is 5.40. The highest BCUT2D eigenvalue weighted by atomic mass is 16.5. The summed E-state index contributed by atoms with van der Waals surface area (Å²) >= 11 is 0. The molecule has 0 aliphatic heterocycles. The number of hydrogen-bond acceptors (Lipinski definition) is 1. The van der Waals surface area contributed by atoms with E-state index in [0.29, 0.717) is 0 Å². The lowest BCUT2D eigenvalue weighted by molar-refractivity contribution is 0.474. The number of unbranched alkanes of at least 4 members (excludes halogenated alkanes) is 5. The van der Waals surface area contributed by atoms with Crippen molar-refractivity contribution in [1.82, 2.24) is 0 Å². The minimum atomic E-state index is 0.913. The van der Waals surface area contributed by atoms with Gasteiger partial charge in [0.2, 0.25) is 0 Å². The van der Waals surface area contributed by atoms with Gasteiger partial charge in [-0.2, -0.15) is 0 Å². The number of ether oxygens (including phenoxy) is 1. The smallest absolute Gasteiger partial charge is 0.130 e. The molecule has 2 aromatic carbocycles. The molecule has 0 bridgehead atoms. The lowest BCUT2D eigenvalue weighted by Gasteiger charge is -2.12. The highest BCUT2D eigenvalue weighted by Crippen LogP contribution is 2.27. The molecular weight excluding hydrogens is 268 g/mol. The third-order valence-corrected chi connectivity index (χ3v) is 3.99. The number of benzene rings is 2. The van der Waals surface area contributed by atoms with Crippen LogP contribution in [0.25, 0.3) is 0 Å². The van der Waals surface area contributed by atoms with Crippen molar-refractivity contribution in [1.29, 1.82) is 0 Å². The van der Waals surface area contributed by atoms with Crippen LogP contribution in [0.1, 0.15) is 56.6 Å². The third-order valence-electron chi connectivity index (χ3n) is 3.99. The molecule has 0 fully saturated rings. The van der Waals surface area contributed by atoms with E-state index in [9.17, 15) is 0 Å². The zero-order valence-corrected chi connectivity index (χ0v) is 14.0. The molecule has 0 atom stereocenters. The van der Waals surface area contributed by atoms with Crippen LogP contribution in [0.15, 0.2) is 48.5 Å². The van der Waals surface area contributed by atoms with Crippen molar-refractivity contribution in [2.24, 2.45) is 0 Å². The zero-order valence-electron chi connectivity index (χ0n) is 14.0. The molecule has 0 unspecified atom stereocenters. The van der Waals surface area contributed by atoms with Gasteiger partial charge in [-0.05, 0) is 43.5 Å². The zero-order chi connectivity index (χ0) is 15.6. The minimum absolute atomic E-state index is 0.913. The molecule has 22 heavy (non-hydrogen) atoms. The molecule has 0 radical (unpaired) electrons. The average Bonchev–Trinajstić information content (AvgIpc) is 2.54. The SMILES string of the molecule is CCCCCCCCc1cc(C)ccc1Oc1ccccc1. The summed E-state index contributed by atoms with van der Waals surface area (Å²) in [5, 5.41) is 0. The van der Waals surface area contributed by atoms with Crippen LogP contribution in [-0.2, 0) is 6.42 Å². The Kier molecular flexibility index (Phi) is 7.02. The van der Waals surface area contributed by atoms with Gasteiger partial charge in [0.05, 0.1) is 0 Å². The Morgan fingerprint density at radius 3 is 2.32 bits per heavy atom. The predicted octanol–water partition coefficient (Wildman–Crippen LogP) is 6.69. The summed E-state index contributed by atoms with van der Waals surface area (Å²) in [6, 6.07) is 16.6. The molecule has 118 valence electrons. The van der Waals surface area contributed by atoms with Crippen LogP contribution in [-0.4, -0.2) is 0 Å². The minimum Gasteiger partial charge on any atom is -0.457 e. The van der Waals surface area contributed by atoms with Gasteiger partial charge in [-0.25, -0.2) is 0 Å². The van der Waals surface area contributed by atoms with Gasteiger partial charge < -0.3 is 4.74 Å². The van der Waals surface area contributed by atoms with Gasteiger partial charge in [0, 0.05) is 0 Å². The first-order chi connectivity index (χ1) is 10.8. The summed E-state index contributed by atoms with van der Waals surface area (Å²) in [6.07, 6.45) is 9.08. The molecule has 2 rings (SSSR count). The van der Waals surface area contributed by atoms with Gasteiger partial charge >= 0.3 is 0 Å². The van der Waals surface area contributed by atoms with Gasteiger partial charge in [-0.1, -0.05) is 74.9 Å². The largest absolute Gasteiger partial charge is 0.457 e. The Hall–Kier alpha value is -1.76. The topological polar surface area (TPSA) is 9.23 Å². The Balaban J connectivity index is 1.93. The number of hydrogen-bond donors (Lipinski definition) is 0. The fourth-order valence-electron chi connectivity index (χ4n) is 2.71. The molecule has 0 aliphatic carbocycles. The molecule has 0 amide bonds. The fourth-order valence-corrected chi connectivity index (χ4v) is 2.71. The summed E-state index contributed by atoms with van der Waals surface area (Å²) in [5.74, 6) is 1.92. The van der Waals surface area contributed by atoms with Crippen LogP contribution < -0.4 is 4.74 Å². The van der Waals surface area contributed by atoms with Crippen LogP contribution in [0.2, 0.25) is 0 Å². The van der Waals surface area contributed by atoms with Gasteiger partial charge in [0.25, 0.3) is 0 Å². The van der Waals surface area contributed by atoms with Gasteiger partial charge in [0.1, 0.15) is 11.5 Å². The van der Waals surface area contributed by atoms with Crippen molar-refractivity contribution < 1.29 is 4.74 Å². The molecule has 0 N–H and O–H groups in total. The van der Waals surface area contributed by atoms with E-state index in [1.165, 1.54) is 49.7 Å². The van der Waals surface area contributed by atoms with Gasteiger partial charge in [-0.15, -0.1) is 0 Å². The molecule has 1 nitrogen and oxygen atoms in total. The molecule has 2 aromatic rings.